The molecule has 0 bridgehead atoms. The van der Waals surface area contributed by atoms with Crippen molar-refractivity contribution in [2.45, 2.75) is 12.4 Å². The Balaban J connectivity index is 2.12. The van der Waals surface area contributed by atoms with Gasteiger partial charge in [-0.25, -0.2) is 9.97 Å². The standard InChI is InChI=1S/C21H13F6N3O/c22-20(23,24)14-8-13(9-15(10-14)21(25,26)27)19-29-7-6-16(30-19)11-17(18(28)31)12-4-2-1-3-5-12/h1-11H,(H2,28,31)/b17-11+. The third kappa shape index (κ3) is 5.27. The lowest BCUT2D eigenvalue weighted by Crippen LogP contribution is -2.13. The molecule has 1 amide bonds. The number of carbonyl (C=O) groups is 1. The van der Waals surface area contributed by atoms with E-state index in [-0.39, 0.29) is 23.2 Å². The lowest BCUT2D eigenvalue weighted by molar-refractivity contribution is -0.143. The van der Waals surface area contributed by atoms with Gasteiger partial charge in [-0.3, -0.25) is 4.79 Å². The molecule has 160 valence electrons. The SMILES string of the molecule is NC(=O)/C(=C/c1ccnc(-c2cc(C(F)(F)F)cc(C(F)(F)F)c2)n1)c1ccccc1. The van der Waals surface area contributed by atoms with Crippen LogP contribution in [0.2, 0.25) is 0 Å². The van der Waals surface area contributed by atoms with Crippen LogP contribution in [0.3, 0.4) is 0 Å². The molecule has 3 aromatic rings. The van der Waals surface area contributed by atoms with Gasteiger partial charge in [-0.1, -0.05) is 30.3 Å². The zero-order chi connectivity index (χ0) is 22.8. The van der Waals surface area contributed by atoms with Gasteiger partial charge < -0.3 is 5.73 Å². The van der Waals surface area contributed by atoms with E-state index in [9.17, 15) is 31.1 Å². The molecule has 10 heteroatoms. The fourth-order valence-corrected chi connectivity index (χ4v) is 2.74. The van der Waals surface area contributed by atoms with E-state index in [0.29, 0.717) is 17.7 Å². The predicted octanol–water partition coefficient (Wildman–Crippen LogP) is 5.21. The van der Waals surface area contributed by atoms with Crippen molar-refractivity contribution in [2.24, 2.45) is 5.73 Å². The average molecular weight is 437 g/mol. The lowest BCUT2D eigenvalue weighted by atomic mass is 10.0. The van der Waals surface area contributed by atoms with E-state index in [4.69, 9.17) is 5.73 Å². The maximum absolute atomic E-state index is 13.1. The maximum atomic E-state index is 13.1. The Bertz CT molecular complexity index is 1110. The van der Waals surface area contributed by atoms with Crippen molar-refractivity contribution in [1.82, 2.24) is 9.97 Å². The van der Waals surface area contributed by atoms with Crippen molar-refractivity contribution < 1.29 is 31.1 Å². The number of hydrogen-bond acceptors (Lipinski definition) is 3. The lowest BCUT2D eigenvalue weighted by Gasteiger charge is -2.14. The number of alkyl halides is 6. The Morgan fingerprint density at radius 3 is 1.97 bits per heavy atom. The van der Waals surface area contributed by atoms with Gasteiger partial charge in [0.2, 0.25) is 5.91 Å². The summed E-state index contributed by atoms with van der Waals surface area (Å²) in [5, 5.41) is 0. The minimum Gasteiger partial charge on any atom is -0.366 e. The molecule has 2 N–H and O–H groups in total. The van der Waals surface area contributed by atoms with Crippen LogP contribution < -0.4 is 5.73 Å². The Morgan fingerprint density at radius 2 is 1.45 bits per heavy atom. The first-order valence-electron chi connectivity index (χ1n) is 8.65. The molecule has 0 radical (unpaired) electrons. The summed E-state index contributed by atoms with van der Waals surface area (Å²) in [4.78, 5) is 19.6. The highest BCUT2D eigenvalue weighted by Crippen LogP contribution is 2.38. The van der Waals surface area contributed by atoms with Crippen molar-refractivity contribution >= 4 is 17.6 Å². The summed E-state index contributed by atoms with van der Waals surface area (Å²) < 4.78 is 78.7. The number of primary amides is 1. The third-order valence-corrected chi connectivity index (χ3v) is 4.17. The van der Waals surface area contributed by atoms with Crippen LogP contribution in [0.1, 0.15) is 22.4 Å². The van der Waals surface area contributed by atoms with E-state index < -0.39 is 35.0 Å². The van der Waals surface area contributed by atoms with E-state index in [1.54, 1.807) is 30.3 Å². The molecule has 0 aliphatic heterocycles. The fourth-order valence-electron chi connectivity index (χ4n) is 2.74. The molecule has 3 rings (SSSR count). The van der Waals surface area contributed by atoms with Gasteiger partial charge in [0, 0.05) is 17.3 Å². The van der Waals surface area contributed by atoms with Crippen molar-refractivity contribution in [3.05, 3.63) is 83.2 Å². The number of hydrogen-bond donors (Lipinski definition) is 1. The van der Waals surface area contributed by atoms with Gasteiger partial charge in [-0.2, -0.15) is 26.3 Å². The summed E-state index contributed by atoms with van der Waals surface area (Å²) in [6.45, 7) is 0. The van der Waals surface area contributed by atoms with E-state index in [1.165, 1.54) is 12.1 Å². The zero-order valence-corrected chi connectivity index (χ0v) is 15.5. The van der Waals surface area contributed by atoms with Crippen LogP contribution in [0, 0.1) is 0 Å². The van der Waals surface area contributed by atoms with Gasteiger partial charge in [-0.05, 0) is 35.9 Å². The monoisotopic (exact) mass is 437 g/mol. The minimum atomic E-state index is -5.00. The fraction of sp³-hybridized carbons (Fsp3) is 0.0952. The second-order valence-corrected chi connectivity index (χ2v) is 6.39. The first-order chi connectivity index (χ1) is 14.4. The number of halogens is 6. The van der Waals surface area contributed by atoms with Crippen LogP contribution in [0.15, 0.2) is 60.8 Å². The molecule has 1 aromatic heterocycles. The summed E-state index contributed by atoms with van der Waals surface area (Å²) in [7, 11) is 0. The van der Waals surface area contributed by atoms with Gasteiger partial charge in [-0.15, -0.1) is 0 Å². The number of aromatic nitrogens is 2. The molecule has 0 fully saturated rings. The topological polar surface area (TPSA) is 68.9 Å². The molecule has 0 aliphatic rings. The first kappa shape index (κ1) is 22.0. The molecule has 0 spiro atoms. The molecule has 4 nitrogen and oxygen atoms in total. The molecule has 0 saturated heterocycles. The van der Waals surface area contributed by atoms with Gasteiger partial charge >= 0.3 is 12.4 Å². The molecule has 31 heavy (non-hydrogen) atoms. The number of carbonyl (C=O) groups excluding carboxylic acids is 1. The Hall–Kier alpha value is -3.69. The quantitative estimate of drug-likeness (QED) is 0.450. The summed E-state index contributed by atoms with van der Waals surface area (Å²) in [5.74, 6) is -1.16. The Labute approximate surface area is 172 Å². The molecular weight excluding hydrogens is 424 g/mol. The van der Waals surface area contributed by atoms with Crippen molar-refractivity contribution in [2.75, 3.05) is 0 Å². The Kier molecular flexibility index (Phi) is 5.83. The second-order valence-electron chi connectivity index (χ2n) is 6.39. The second kappa shape index (κ2) is 8.21. The minimum absolute atomic E-state index is 0.0217. The van der Waals surface area contributed by atoms with Crippen LogP contribution in [-0.2, 0) is 17.1 Å². The number of amides is 1. The number of rotatable bonds is 4. The predicted molar refractivity (Wildman–Crippen MR) is 101 cm³/mol. The smallest absolute Gasteiger partial charge is 0.366 e. The maximum Gasteiger partial charge on any atom is 0.416 e. The summed E-state index contributed by atoms with van der Waals surface area (Å²) in [6, 6.07) is 10.7. The highest BCUT2D eigenvalue weighted by Gasteiger charge is 2.37. The van der Waals surface area contributed by atoms with Gasteiger partial charge in [0.1, 0.15) is 0 Å². The average Bonchev–Trinajstić information content (AvgIpc) is 2.71. The van der Waals surface area contributed by atoms with Gasteiger partial charge in [0.25, 0.3) is 0 Å². The van der Waals surface area contributed by atoms with Crippen LogP contribution in [0.25, 0.3) is 23.0 Å². The van der Waals surface area contributed by atoms with Crippen molar-refractivity contribution in [1.29, 1.82) is 0 Å². The zero-order valence-electron chi connectivity index (χ0n) is 15.5. The van der Waals surface area contributed by atoms with E-state index in [1.807, 2.05) is 0 Å². The normalized spacial score (nSPS) is 12.6. The van der Waals surface area contributed by atoms with E-state index >= 15 is 0 Å². The van der Waals surface area contributed by atoms with E-state index in [0.717, 1.165) is 6.20 Å². The van der Waals surface area contributed by atoms with Crippen molar-refractivity contribution in [3.8, 4) is 11.4 Å². The van der Waals surface area contributed by atoms with Crippen LogP contribution >= 0.6 is 0 Å². The highest BCUT2D eigenvalue weighted by atomic mass is 19.4. The van der Waals surface area contributed by atoms with Gasteiger partial charge in [0.05, 0.1) is 16.8 Å². The molecule has 1 heterocycles. The molecule has 0 aliphatic carbocycles. The molecule has 2 aromatic carbocycles. The largest absolute Gasteiger partial charge is 0.416 e. The highest BCUT2D eigenvalue weighted by molar-refractivity contribution is 6.23. The molecule has 0 saturated carbocycles. The third-order valence-electron chi connectivity index (χ3n) is 4.17. The van der Waals surface area contributed by atoms with Crippen molar-refractivity contribution in [3.63, 3.8) is 0 Å². The van der Waals surface area contributed by atoms with Crippen LogP contribution in [-0.4, -0.2) is 15.9 Å². The van der Waals surface area contributed by atoms with E-state index in [2.05, 4.69) is 9.97 Å². The molecular formula is C21H13F6N3O. The number of benzene rings is 2. The summed E-state index contributed by atoms with van der Waals surface area (Å²) in [6.07, 6.45) is -7.56. The number of nitrogens with zero attached hydrogens (tertiary/aromatic N) is 2. The van der Waals surface area contributed by atoms with Crippen LogP contribution in [0.4, 0.5) is 26.3 Å². The Morgan fingerprint density at radius 1 is 0.871 bits per heavy atom. The summed E-state index contributed by atoms with van der Waals surface area (Å²) in [5.41, 5.74) is 2.57. The summed E-state index contributed by atoms with van der Waals surface area (Å²) >= 11 is 0. The number of nitrogens with two attached hydrogens (primary N) is 1. The van der Waals surface area contributed by atoms with Crippen LogP contribution in [0.5, 0.6) is 0 Å². The van der Waals surface area contributed by atoms with Gasteiger partial charge in [0.15, 0.2) is 5.82 Å². The molecule has 0 unspecified atom stereocenters. The molecule has 0 atom stereocenters. The first-order valence-corrected chi connectivity index (χ1v) is 8.65.